The summed E-state index contributed by atoms with van der Waals surface area (Å²) in [5.41, 5.74) is 6.61. The summed E-state index contributed by atoms with van der Waals surface area (Å²) in [7, 11) is -2.06. The zero-order valence-electron chi connectivity index (χ0n) is 18.8. The molecule has 2 aromatic carbocycles. The second kappa shape index (κ2) is 8.94. The number of carbonyl (C=O) groups excluding carboxylic acids is 1. The van der Waals surface area contributed by atoms with Gasteiger partial charge in [-0.3, -0.25) is 4.79 Å². The summed E-state index contributed by atoms with van der Waals surface area (Å²) in [5, 5.41) is 13.0. The topological polar surface area (TPSA) is 127 Å². The average molecular weight is 520 g/mol. The molecule has 0 radical (unpaired) electrons. The normalized spacial score (nSPS) is 22.3. The molecule has 2 aliphatic rings. The molecule has 0 aliphatic carbocycles. The Labute approximate surface area is 206 Å². The Bertz CT molecular complexity index is 1400. The highest BCUT2D eigenvalue weighted by Gasteiger charge is 2.37. The molecule has 1 fully saturated rings. The van der Waals surface area contributed by atoms with Crippen LogP contribution in [0.3, 0.4) is 0 Å². The molecule has 2 aliphatic heterocycles. The van der Waals surface area contributed by atoms with Crippen molar-refractivity contribution in [3.05, 3.63) is 52.8 Å². The number of anilines is 1. The second-order valence-electron chi connectivity index (χ2n) is 8.88. The smallest absolute Gasteiger partial charge is 0.245 e. The predicted octanol–water partition coefficient (Wildman–Crippen LogP) is 1.66. The van der Waals surface area contributed by atoms with Gasteiger partial charge in [0, 0.05) is 18.1 Å². The van der Waals surface area contributed by atoms with Crippen molar-refractivity contribution in [1.82, 2.24) is 25.1 Å². The van der Waals surface area contributed by atoms with E-state index in [0.717, 1.165) is 25.6 Å². The molecular formula is C22H23ClFN7O3S. The lowest BCUT2D eigenvalue weighted by Gasteiger charge is -2.24. The van der Waals surface area contributed by atoms with Crippen molar-refractivity contribution in [3.8, 4) is 11.4 Å². The van der Waals surface area contributed by atoms with Gasteiger partial charge in [-0.25, -0.2) is 12.8 Å². The number of aromatic nitrogens is 4. The van der Waals surface area contributed by atoms with Crippen molar-refractivity contribution in [2.45, 2.75) is 29.9 Å². The summed E-state index contributed by atoms with van der Waals surface area (Å²) in [6.45, 7) is 1.64. The van der Waals surface area contributed by atoms with Crippen molar-refractivity contribution in [1.29, 1.82) is 0 Å². The van der Waals surface area contributed by atoms with Crippen LogP contribution >= 0.6 is 11.6 Å². The molecule has 13 heteroatoms. The number of likely N-dealkylation sites (N-methyl/N-ethyl adjacent to an activating group) is 1. The molecule has 3 heterocycles. The van der Waals surface area contributed by atoms with Gasteiger partial charge in [0.1, 0.15) is 5.82 Å². The fourth-order valence-corrected chi connectivity index (χ4v) is 6.11. The van der Waals surface area contributed by atoms with Crippen LogP contribution in [0.2, 0.25) is 5.02 Å². The Kier molecular flexibility index (Phi) is 6.08. The van der Waals surface area contributed by atoms with Crippen molar-refractivity contribution < 1.29 is 17.6 Å². The van der Waals surface area contributed by atoms with E-state index in [1.165, 1.54) is 15.8 Å². The predicted molar refractivity (Wildman–Crippen MR) is 127 cm³/mol. The van der Waals surface area contributed by atoms with E-state index in [1.54, 1.807) is 24.3 Å². The Morgan fingerprint density at radius 2 is 1.97 bits per heavy atom. The molecule has 0 saturated carbocycles. The number of sulfone groups is 1. The maximum atomic E-state index is 15.2. The van der Waals surface area contributed by atoms with Crippen molar-refractivity contribution in [2.75, 3.05) is 30.8 Å². The largest absolute Gasteiger partial charge is 0.319 e. The van der Waals surface area contributed by atoms with E-state index in [4.69, 9.17) is 17.3 Å². The Morgan fingerprint density at radius 1 is 1.23 bits per heavy atom. The van der Waals surface area contributed by atoms with Crippen LogP contribution in [0, 0.1) is 5.82 Å². The molecule has 1 saturated heterocycles. The van der Waals surface area contributed by atoms with Crippen LogP contribution in [0.25, 0.3) is 11.4 Å². The number of likely N-dealkylation sites (tertiary alicyclic amines) is 1. The summed E-state index contributed by atoms with van der Waals surface area (Å²) in [6.07, 6.45) is 0.832. The number of carbonyl (C=O) groups is 1. The van der Waals surface area contributed by atoms with Gasteiger partial charge in [-0.1, -0.05) is 23.7 Å². The molecule has 1 unspecified atom stereocenters. The van der Waals surface area contributed by atoms with E-state index < -0.39 is 33.4 Å². The van der Waals surface area contributed by atoms with E-state index in [2.05, 4.69) is 20.3 Å². The van der Waals surface area contributed by atoms with Crippen LogP contribution in [-0.2, 0) is 21.2 Å². The first-order chi connectivity index (χ1) is 16.6. The third-order valence-electron chi connectivity index (χ3n) is 6.27. The number of halogens is 2. The summed E-state index contributed by atoms with van der Waals surface area (Å²) in [5.74, 6) is -2.04. The van der Waals surface area contributed by atoms with Gasteiger partial charge >= 0.3 is 0 Å². The lowest BCUT2D eigenvalue weighted by atomic mass is 10.1. The van der Waals surface area contributed by atoms with Gasteiger partial charge in [0.15, 0.2) is 9.84 Å². The Balaban J connectivity index is 1.60. The first kappa shape index (κ1) is 23.8. The number of nitrogens with zero attached hydrogens (tertiary/aromatic N) is 6. The molecule has 3 aromatic rings. The fourth-order valence-electron chi connectivity index (χ4n) is 4.41. The average Bonchev–Trinajstić information content (AvgIpc) is 3.45. The third kappa shape index (κ3) is 4.54. The maximum absolute atomic E-state index is 15.2. The van der Waals surface area contributed by atoms with Gasteiger partial charge in [0.2, 0.25) is 11.7 Å². The maximum Gasteiger partial charge on any atom is 0.245 e. The standard InChI is InChI=1S/C22H23ClFN7O3S/c1-29-7-6-15(11-29)31-27-21(26-28-31)16-8-19-20(9-17(16)24)35(33,34)12-18(25)22(32)30(19)10-13-2-4-14(23)5-3-13/h2-5,8-9,15,18H,6-7,10-12,25H2,1H3/t15?,18-/m0/s1. The summed E-state index contributed by atoms with van der Waals surface area (Å²) >= 11 is 5.97. The van der Waals surface area contributed by atoms with Gasteiger partial charge < -0.3 is 15.5 Å². The number of tetrazole rings is 1. The molecule has 1 amide bonds. The molecule has 0 bridgehead atoms. The third-order valence-corrected chi connectivity index (χ3v) is 8.32. The first-order valence-corrected chi connectivity index (χ1v) is 13.0. The molecule has 35 heavy (non-hydrogen) atoms. The summed E-state index contributed by atoms with van der Waals surface area (Å²) in [4.78, 5) is 17.7. The van der Waals surface area contributed by atoms with Crippen molar-refractivity contribution >= 4 is 33.0 Å². The number of hydrogen-bond acceptors (Lipinski definition) is 8. The minimum atomic E-state index is -4.04. The number of amides is 1. The molecule has 2 N–H and O–H groups in total. The Hall–Kier alpha value is -2.93. The fraction of sp³-hybridized carbons (Fsp3) is 0.364. The molecule has 1 aromatic heterocycles. The molecule has 0 spiro atoms. The van der Waals surface area contributed by atoms with E-state index in [0.29, 0.717) is 10.6 Å². The van der Waals surface area contributed by atoms with Crippen LogP contribution in [-0.4, -0.2) is 71.4 Å². The van der Waals surface area contributed by atoms with E-state index in [9.17, 15) is 13.2 Å². The van der Waals surface area contributed by atoms with Gasteiger partial charge in [-0.05, 0) is 48.5 Å². The number of rotatable bonds is 4. The second-order valence-corrected chi connectivity index (χ2v) is 11.3. The van der Waals surface area contributed by atoms with Crippen molar-refractivity contribution in [2.24, 2.45) is 5.73 Å². The number of hydrogen-bond donors (Lipinski definition) is 1. The van der Waals surface area contributed by atoms with Crippen LogP contribution < -0.4 is 10.6 Å². The first-order valence-electron chi connectivity index (χ1n) is 11.0. The SMILES string of the molecule is CN1CCC(n2nnc(-c3cc4c(cc3F)S(=O)(=O)C[C@H](N)C(=O)N4Cc3ccc(Cl)cc3)n2)C1. The minimum Gasteiger partial charge on any atom is -0.319 e. The zero-order valence-corrected chi connectivity index (χ0v) is 20.4. The zero-order chi connectivity index (χ0) is 24.9. The van der Waals surface area contributed by atoms with Crippen LogP contribution in [0.5, 0.6) is 0 Å². The van der Waals surface area contributed by atoms with Gasteiger partial charge in [-0.15, -0.1) is 10.2 Å². The highest BCUT2D eigenvalue weighted by molar-refractivity contribution is 7.91. The lowest BCUT2D eigenvalue weighted by Crippen LogP contribution is -2.45. The van der Waals surface area contributed by atoms with Crippen LogP contribution in [0.4, 0.5) is 10.1 Å². The summed E-state index contributed by atoms with van der Waals surface area (Å²) in [6, 6.07) is 7.66. The number of benzene rings is 2. The van der Waals surface area contributed by atoms with E-state index in [1.807, 2.05) is 7.05 Å². The number of nitrogens with two attached hydrogens (primary N) is 1. The van der Waals surface area contributed by atoms with E-state index in [-0.39, 0.29) is 34.6 Å². The number of fused-ring (bicyclic) bond motifs is 1. The molecule has 5 rings (SSSR count). The van der Waals surface area contributed by atoms with Gasteiger partial charge in [0.05, 0.1) is 40.5 Å². The minimum absolute atomic E-state index is 0.00434. The quantitative estimate of drug-likeness (QED) is 0.551. The Morgan fingerprint density at radius 3 is 2.66 bits per heavy atom. The van der Waals surface area contributed by atoms with Gasteiger partial charge in [-0.2, -0.15) is 4.80 Å². The van der Waals surface area contributed by atoms with Crippen molar-refractivity contribution in [3.63, 3.8) is 0 Å². The van der Waals surface area contributed by atoms with Crippen LogP contribution in [0.15, 0.2) is 41.3 Å². The van der Waals surface area contributed by atoms with Crippen LogP contribution in [0.1, 0.15) is 18.0 Å². The highest BCUT2D eigenvalue weighted by Crippen LogP contribution is 2.36. The molecule has 10 nitrogen and oxygen atoms in total. The molecule has 2 atom stereocenters. The molecule has 184 valence electrons. The monoisotopic (exact) mass is 519 g/mol. The molecular weight excluding hydrogens is 497 g/mol. The van der Waals surface area contributed by atoms with Gasteiger partial charge in [0.25, 0.3) is 0 Å². The lowest BCUT2D eigenvalue weighted by molar-refractivity contribution is -0.119. The summed E-state index contributed by atoms with van der Waals surface area (Å²) < 4.78 is 41.3. The highest BCUT2D eigenvalue weighted by atomic mass is 35.5. The van der Waals surface area contributed by atoms with E-state index >= 15 is 4.39 Å².